The largest absolute Gasteiger partial charge is 0.444 e. The van der Waals surface area contributed by atoms with Crippen LogP contribution in [0.3, 0.4) is 0 Å². The van der Waals surface area contributed by atoms with E-state index in [0.29, 0.717) is 5.56 Å². The average molecular weight is 449 g/mol. The molecule has 9 heteroatoms. The van der Waals surface area contributed by atoms with Crippen LogP contribution in [0.15, 0.2) is 18.2 Å². The minimum atomic E-state index is -1.28. The maximum Gasteiger partial charge on any atom is 0.408 e. The molecule has 0 saturated carbocycles. The normalized spacial score (nSPS) is 13.2. The summed E-state index contributed by atoms with van der Waals surface area (Å²) >= 11 is 0. The van der Waals surface area contributed by atoms with E-state index in [9.17, 15) is 19.2 Å². The van der Waals surface area contributed by atoms with Crippen LogP contribution < -0.4 is 16.4 Å². The first-order valence-corrected chi connectivity index (χ1v) is 10.5. The summed E-state index contributed by atoms with van der Waals surface area (Å²) in [5.41, 5.74) is 7.12. The average Bonchev–Trinajstić information content (AvgIpc) is 2.61. The molecule has 0 aliphatic rings. The van der Waals surface area contributed by atoms with Crippen molar-refractivity contribution in [1.29, 1.82) is 0 Å². The van der Waals surface area contributed by atoms with Gasteiger partial charge in [0.2, 0.25) is 17.7 Å². The number of aryl methyl sites for hydroxylation is 2. The van der Waals surface area contributed by atoms with E-state index in [1.807, 2.05) is 39.8 Å². The quantitative estimate of drug-likeness (QED) is 0.560. The van der Waals surface area contributed by atoms with Crippen molar-refractivity contribution in [3.05, 3.63) is 34.9 Å². The van der Waals surface area contributed by atoms with Crippen molar-refractivity contribution in [3.63, 3.8) is 0 Å². The molecule has 178 valence electrons. The Kier molecular flexibility index (Phi) is 9.23. The molecule has 2 atom stereocenters. The van der Waals surface area contributed by atoms with E-state index >= 15 is 0 Å². The van der Waals surface area contributed by atoms with Gasteiger partial charge < -0.3 is 26.0 Å². The number of nitrogens with one attached hydrogen (secondary N) is 2. The Bertz CT molecular complexity index is 860. The summed E-state index contributed by atoms with van der Waals surface area (Å²) in [4.78, 5) is 51.4. The maximum atomic E-state index is 13.3. The zero-order valence-corrected chi connectivity index (χ0v) is 20.2. The van der Waals surface area contributed by atoms with Gasteiger partial charge in [0, 0.05) is 13.1 Å². The molecule has 9 nitrogen and oxygen atoms in total. The zero-order chi connectivity index (χ0) is 24.8. The molecule has 1 aromatic rings. The van der Waals surface area contributed by atoms with Crippen LogP contribution in [0.1, 0.15) is 63.8 Å². The molecule has 0 aromatic heterocycles. The summed E-state index contributed by atoms with van der Waals surface area (Å²) in [6.45, 7) is 12.5. The van der Waals surface area contributed by atoms with Gasteiger partial charge in [0.15, 0.2) is 0 Å². The SMILES string of the molecule is Cc1ccc(C(C(=O)NC(C)C)N(C)C(=O)C(CC(N)=O)NC(=O)OC(C)(C)C)cc1C. The first-order valence-electron chi connectivity index (χ1n) is 10.5. The number of hydrogen-bond acceptors (Lipinski definition) is 5. The molecule has 1 aromatic carbocycles. The third kappa shape index (κ3) is 8.20. The highest BCUT2D eigenvalue weighted by atomic mass is 16.6. The Morgan fingerprint density at radius 1 is 1.06 bits per heavy atom. The van der Waals surface area contributed by atoms with E-state index in [1.165, 1.54) is 11.9 Å². The molecule has 0 saturated heterocycles. The fraction of sp³-hybridized carbons (Fsp3) is 0.565. The van der Waals surface area contributed by atoms with Gasteiger partial charge in [-0.3, -0.25) is 14.4 Å². The van der Waals surface area contributed by atoms with Crippen LogP contribution in [0.25, 0.3) is 0 Å². The fourth-order valence-corrected chi connectivity index (χ4v) is 3.07. The highest BCUT2D eigenvalue weighted by molar-refractivity contribution is 5.94. The van der Waals surface area contributed by atoms with E-state index in [1.54, 1.807) is 26.8 Å². The molecule has 1 rings (SSSR count). The Morgan fingerprint density at radius 2 is 1.66 bits per heavy atom. The number of amides is 4. The predicted octanol–water partition coefficient (Wildman–Crippen LogP) is 2.10. The maximum absolute atomic E-state index is 13.3. The topological polar surface area (TPSA) is 131 Å². The van der Waals surface area contributed by atoms with E-state index in [2.05, 4.69) is 10.6 Å². The molecule has 4 N–H and O–H groups in total. The summed E-state index contributed by atoms with van der Waals surface area (Å²) in [5.74, 6) is -1.80. The number of rotatable bonds is 8. The van der Waals surface area contributed by atoms with E-state index in [0.717, 1.165) is 11.1 Å². The Morgan fingerprint density at radius 3 is 2.12 bits per heavy atom. The van der Waals surface area contributed by atoms with Gasteiger partial charge in [-0.15, -0.1) is 0 Å². The molecule has 0 aliphatic carbocycles. The van der Waals surface area contributed by atoms with Crippen LogP contribution in [0, 0.1) is 13.8 Å². The summed E-state index contributed by atoms with van der Waals surface area (Å²) in [7, 11) is 1.45. The molecule has 0 radical (unpaired) electrons. The predicted molar refractivity (Wildman–Crippen MR) is 122 cm³/mol. The number of carbonyl (C=O) groups excluding carboxylic acids is 4. The number of ether oxygens (including phenoxy) is 1. The second-order valence-electron chi connectivity index (χ2n) is 9.23. The van der Waals surface area contributed by atoms with Gasteiger partial charge in [0.1, 0.15) is 17.7 Å². The minimum absolute atomic E-state index is 0.152. The van der Waals surface area contributed by atoms with Crippen molar-refractivity contribution in [2.24, 2.45) is 5.73 Å². The third-order valence-corrected chi connectivity index (χ3v) is 4.66. The number of benzene rings is 1. The lowest BCUT2D eigenvalue weighted by Crippen LogP contribution is -2.53. The minimum Gasteiger partial charge on any atom is -0.444 e. The molecule has 0 heterocycles. The lowest BCUT2D eigenvalue weighted by molar-refractivity contribution is -0.141. The van der Waals surface area contributed by atoms with Gasteiger partial charge in [0.05, 0.1) is 6.42 Å². The summed E-state index contributed by atoms with van der Waals surface area (Å²) in [5, 5.41) is 5.23. The Labute approximate surface area is 190 Å². The van der Waals surface area contributed by atoms with Crippen LogP contribution in [-0.2, 0) is 19.1 Å². The highest BCUT2D eigenvalue weighted by Gasteiger charge is 2.35. The molecule has 2 unspecified atom stereocenters. The second-order valence-corrected chi connectivity index (χ2v) is 9.23. The van der Waals surface area contributed by atoms with Gasteiger partial charge in [-0.1, -0.05) is 18.2 Å². The Balaban J connectivity index is 3.30. The molecular formula is C23H36N4O5. The van der Waals surface area contributed by atoms with Gasteiger partial charge in [0.25, 0.3) is 0 Å². The van der Waals surface area contributed by atoms with Gasteiger partial charge in [-0.05, 0) is 65.2 Å². The van der Waals surface area contributed by atoms with Gasteiger partial charge in [-0.25, -0.2) is 4.79 Å². The van der Waals surface area contributed by atoms with Crippen molar-refractivity contribution in [2.75, 3.05) is 7.05 Å². The molecular weight excluding hydrogens is 412 g/mol. The highest BCUT2D eigenvalue weighted by Crippen LogP contribution is 2.24. The standard InChI is InChI=1S/C23H36N4O5/c1-13(2)25-20(29)19(16-10-9-14(3)15(4)11-16)27(8)21(30)17(12-18(24)28)26-22(31)32-23(5,6)7/h9-11,13,17,19H,12H2,1-8H3,(H2,24,28)(H,25,29)(H,26,31). The van der Waals surface area contributed by atoms with Crippen molar-refractivity contribution in [3.8, 4) is 0 Å². The van der Waals surface area contributed by atoms with E-state index in [4.69, 9.17) is 10.5 Å². The van der Waals surface area contributed by atoms with Gasteiger partial charge in [-0.2, -0.15) is 0 Å². The summed E-state index contributed by atoms with van der Waals surface area (Å²) in [6.07, 6.45) is -1.30. The smallest absolute Gasteiger partial charge is 0.408 e. The number of likely N-dealkylation sites (N-methyl/N-ethyl adjacent to an activating group) is 1. The number of hydrogen-bond donors (Lipinski definition) is 3. The number of nitrogens with two attached hydrogens (primary N) is 1. The molecule has 0 fully saturated rings. The monoisotopic (exact) mass is 448 g/mol. The second kappa shape index (κ2) is 11.0. The van der Waals surface area contributed by atoms with Crippen LogP contribution in [0.4, 0.5) is 4.79 Å². The van der Waals surface area contributed by atoms with E-state index < -0.39 is 42.0 Å². The molecule has 32 heavy (non-hydrogen) atoms. The number of alkyl carbamates (subject to hydrolysis) is 1. The van der Waals surface area contributed by atoms with Crippen LogP contribution in [-0.4, -0.2) is 53.4 Å². The molecule has 4 amide bonds. The molecule has 0 bridgehead atoms. The molecule has 0 spiro atoms. The number of primary amides is 1. The first-order chi connectivity index (χ1) is 14.6. The lowest BCUT2D eigenvalue weighted by Gasteiger charge is -2.32. The van der Waals surface area contributed by atoms with Crippen molar-refractivity contribution in [1.82, 2.24) is 15.5 Å². The van der Waals surface area contributed by atoms with Gasteiger partial charge >= 0.3 is 6.09 Å². The Hall–Kier alpha value is -3.10. The van der Waals surface area contributed by atoms with Crippen molar-refractivity contribution in [2.45, 2.75) is 78.6 Å². The number of carbonyl (C=O) groups is 4. The zero-order valence-electron chi connectivity index (χ0n) is 20.2. The van der Waals surface area contributed by atoms with Crippen molar-refractivity contribution >= 4 is 23.8 Å². The summed E-state index contributed by atoms with van der Waals surface area (Å²) in [6, 6.07) is 3.09. The van der Waals surface area contributed by atoms with E-state index in [-0.39, 0.29) is 11.9 Å². The lowest BCUT2D eigenvalue weighted by atomic mass is 9.98. The summed E-state index contributed by atoms with van der Waals surface area (Å²) < 4.78 is 5.20. The van der Waals surface area contributed by atoms with Crippen LogP contribution in [0.2, 0.25) is 0 Å². The fourth-order valence-electron chi connectivity index (χ4n) is 3.07. The number of nitrogens with zero attached hydrogens (tertiary/aromatic N) is 1. The van der Waals surface area contributed by atoms with Crippen LogP contribution >= 0.6 is 0 Å². The van der Waals surface area contributed by atoms with Crippen LogP contribution in [0.5, 0.6) is 0 Å². The molecule has 0 aliphatic heterocycles. The van der Waals surface area contributed by atoms with Crippen molar-refractivity contribution < 1.29 is 23.9 Å². The first kappa shape index (κ1) is 26.9. The third-order valence-electron chi connectivity index (χ3n) is 4.66.